The van der Waals surface area contributed by atoms with E-state index in [1.807, 2.05) is 27.7 Å². The molecule has 0 fully saturated rings. The van der Waals surface area contributed by atoms with Gasteiger partial charge in [0.2, 0.25) is 0 Å². The van der Waals surface area contributed by atoms with E-state index in [9.17, 15) is 0 Å². The first-order valence-corrected chi connectivity index (χ1v) is 7.80. The first kappa shape index (κ1) is 33.2. The molecule has 0 saturated carbocycles. The molecule has 0 aromatic rings. The van der Waals surface area contributed by atoms with Crippen LogP contribution in [-0.4, -0.2) is 44.8 Å². The SMILES string of the molecule is CCC(C)O.CCC(C)O.CCC(C)O.CCC(C)O.[Ti]. The van der Waals surface area contributed by atoms with E-state index in [4.69, 9.17) is 20.4 Å². The van der Waals surface area contributed by atoms with Gasteiger partial charge in [-0.3, -0.25) is 0 Å². The van der Waals surface area contributed by atoms with Crippen molar-refractivity contribution in [1.29, 1.82) is 0 Å². The zero-order valence-corrected chi connectivity index (χ0v) is 17.0. The van der Waals surface area contributed by atoms with E-state index in [0.717, 1.165) is 25.7 Å². The van der Waals surface area contributed by atoms with Crippen molar-refractivity contribution < 1.29 is 42.1 Å². The van der Waals surface area contributed by atoms with Gasteiger partial charge in [-0.05, 0) is 53.4 Å². The summed E-state index contributed by atoms with van der Waals surface area (Å²) >= 11 is 0. The normalized spacial score (nSPS) is 14.3. The van der Waals surface area contributed by atoms with Gasteiger partial charge in [0.1, 0.15) is 0 Å². The molecule has 0 aromatic heterocycles. The molecule has 0 aliphatic rings. The molecular formula is C16H40O4Ti. The fourth-order valence-electron chi connectivity index (χ4n) is 0. The summed E-state index contributed by atoms with van der Waals surface area (Å²) in [4.78, 5) is 0. The Bertz CT molecular complexity index is 108. The summed E-state index contributed by atoms with van der Waals surface area (Å²) < 4.78 is 0. The van der Waals surface area contributed by atoms with Crippen LogP contribution in [0.5, 0.6) is 0 Å². The van der Waals surface area contributed by atoms with E-state index in [2.05, 4.69) is 0 Å². The van der Waals surface area contributed by atoms with Crippen molar-refractivity contribution in [2.24, 2.45) is 0 Å². The van der Waals surface area contributed by atoms with Gasteiger partial charge in [0.25, 0.3) is 0 Å². The zero-order chi connectivity index (χ0) is 17.1. The third kappa shape index (κ3) is 96.7. The van der Waals surface area contributed by atoms with Gasteiger partial charge in [-0.15, -0.1) is 0 Å². The summed E-state index contributed by atoms with van der Waals surface area (Å²) in [6.45, 7) is 14.9. The summed E-state index contributed by atoms with van der Waals surface area (Å²) in [5.41, 5.74) is 0. The number of rotatable bonds is 4. The van der Waals surface area contributed by atoms with Gasteiger partial charge < -0.3 is 20.4 Å². The molecule has 4 unspecified atom stereocenters. The molecule has 132 valence electrons. The second kappa shape index (κ2) is 28.7. The minimum atomic E-state index is -0.116. The molecule has 0 spiro atoms. The van der Waals surface area contributed by atoms with Crippen LogP contribution in [0.15, 0.2) is 0 Å². The summed E-state index contributed by atoms with van der Waals surface area (Å²) in [5, 5.41) is 33.4. The molecule has 4 atom stereocenters. The Morgan fingerprint density at radius 3 is 0.524 bits per heavy atom. The molecule has 0 rings (SSSR count). The quantitative estimate of drug-likeness (QED) is 0.591. The third-order valence-corrected chi connectivity index (χ3v) is 2.36. The van der Waals surface area contributed by atoms with Crippen LogP contribution in [0.2, 0.25) is 0 Å². The first-order valence-electron chi connectivity index (χ1n) is 7.80. The van der Waals surface area contributed by atoms with Gasteiger partial charge in [0, 0.05) is 21.7 Å². The largest absolute Gasteiger partial charge is 0.393 e. The molecule has 5 heteroatoms. The van der Waals surface area contributed by atoms with Crippen LogP contribution in [0, 0.1) is 0 Å². The maximum atomic E-state index is 8.36. The molecule has 0 heterocycles. The summed E-state index contributed by atoms with van der Waals surface area (Å²) in [6.07, 6.45) is 2.98. The molecule has 0 radical (unpaired) electrons. The smallest absolute Gasteiger partial charge is 0.0509 e. The molecule has 0 amide bonds. The second-order valence-electron chi connectivity index (χ2n) is 5.03. The van der Waals surface area contributed by atoms with Crippen molar-refractivity contribution in [3.63, 3.8) is 0 Å². The van der Waals surface area contributed by atoms with Gasteiger partial charge in [-0.1, -0.05) is 27.7 Å². The number of hydrogen-bond acceptors (Lipinski definition) is 4. The van der Waals surface area contributed by atoms with Gasteiger partial charge in [0.15, 0.2) is 0 Å². The molecule has 0 aliphatic heterocycles. The molecule has 0 aliphatic carbocycles. The van der Waals surface area contributed by atoms with Gasteiger partial charge in [-0.25, -0.2) is 0 Å². The Morgan fingerprint density at radius 2 is 0.524 bits per heavy atom. The molecular weight excluding hydrogens is 304 g/mol. The van der Waals surface area contributed by atoms with E-state index in [-0.39, 0.29) is 46.1 Å². The van der Waals surface area contributed by atoms with Crippen LogP contribution in [0.3, 0.4) is 0 Å². The van der Waals surface area contributed by atoms with Crippen molar-refractivity contribution in [3.05, 3.63) is 0 Å². The Hall–Kier alpha value is 0.554. The minimum Gasteiger partial charge on any atom is -0.393 e. The van der Waals surface area contributed by atoms with Crippen LogP contribution >= 0.6 is 0 Å². The van der Waals surface area contributed by atoms with Crippen LogP contribution in [-0.2, 0) is 21.7 Å². The monoisotopic (exact) mass is 344 g/mol. The maximum Gasteiger partial charge on any atom is 0.0509 e. The molecule has 0 aromatic carbocycles. The van der Waals surface area contributed by atoms with Gasteiger partial charge in [0.05, 0.1) is 24.4 Å². The topological polar surface area (TPSA) is 80.9 Å². The Morgan fingerprint density at radius 1 is 0.476 bits per heavy atom. The molecule has 0 saturated heterocycles. The molecule has 4 nitrogen and oxygen atoms in total. The second-order valence-corrected chi connectivity index (χ2v) is 5.03. The molecule has 21 heavy (non-hydrogen) atoms. The average Bonchev–Trinajstić information content (AvgIpc) is 2.40. The van der Waals surface area contributed by atoms with E-state index in [1.54, 1.807) is 27.7 Å². The minimum absolute atomic E-state index is 0. The fourth-order valence-corrected chi connectivity index (χ4v) is 0. The fraction of sp³-hybridized carbons (Fsp3) is 1.00. The van der Waals surface area contributed by atoms with Crippen LogP contribution in [0.25, 0.3) is 0 Å². The zero-order valence-electron chi connectivity index (χ0n) is 15.4. The molecule has 0 bridgehead atoms. The van der Waals surface area contributed by atoms with Crippen molar-refractivity contribution in [2.75, 3.05) is 0 Å². The number of aliphatic hydroxyl groups is 4. The number of aliphatic hydroxyl groups excluding tert-OH is 4. The summed E-state index contributed by atoms with van der Waals surface area (Å²) in [6, 6.07) is 0. The molecule has 4 N–H and O–H groups in total. The number of hydrogen-bond donors (Lipinski definition) is 4. The Kier molecular flexibility index (Phi) is 45.4. The standard InChI is InChI=1S/4C4H10O.Ti/c4*1-3-4(2)5;/h4*4-5H,3H2,1-2H3;. The first-order chi connectivity index (χ1) is 9.08. The summed E-state index contributed by atoms with van der Waals surface area (Å²) in [7, 11) is 0. The van der Waals surface area contributed by atoms with Crippen molar-refractivity contribution in [3.8, 4) is 0 Å². The average molecular weight is 344 g/mol. The van der Waals surface area contributed by atoms with Crippen LogP contribution in [0.4, 0.5) is 0 Å². The van der Waals surface area contributed by atoms with E-state index in [0.29, 0.717) is 0 Å². The van der Waals surface area contributed by atoms with E-state index < -0.39 is 0 Å². The Labute approximate surface area is 147 Å². The van der Waals surface area contributed by atoms with Crippen molar-refractivity contribution >= 4 is 0 Å². The van der Waals surface area contributed by atoms with Crippen molar-refractivity contribution in [2.45, 2.75) is 105 Å². The summed E-state index contributed by atoms with van der Waals surface area (Å²) in [5.74, 6) is 0. The van der Waals surface area contributed by atoms with Gasteiger partial charge >= 0.3 is 0 Å². The Balaban J connectivity index is -0.0000000533. The van der Waals surface area contributed by atoms with Crippen LogP contribution < -0.4 is 0 Å². The van der Waals surface area contributed by atoms with E-state index >= 15 is 0 Å². The predicted octanol–water partition coefficient (Wildman–Crippen LogP) is 3.11. The predicted molar refractivity (Wildman–Crippen MR) is 87.9 cm³/mol. The van der Waals surface area contributed by atoms with Crippen LogP contribution in [0.1, 0.15) is 81.1 Å². The van der Waals surface area contributed by atoms with E-state index in [1.165, 1.54) is 0 Å². The third-order valence-electron chi connectivity index (χ3n) is 2.36. The van der Waals surface area contributed by atoms with Crippen molar-refractivity contribution in [1.82, 2.24) is 0 Å². The van der Waals surface area contributed by atoms with Gasteiger partial charge in [-0.2, -0.15) is 0 Å². The maximum absolute atomic E-state index is 8.36.